The third kappa shape index (κ3) is 7.18. The fourth-order valence-corrected chi connectivity index (χ4v) is 4.28. The molecule has 208 valence electrons. The fourth-order valence-electron chi connectivity index (χ4n) is 4.28. The lowest BCUT2D eigenvalue weighted by atomic mass is 9.90. The molecule has 0 aromatic heterocycles. The Morgan fingerprint density at radius 3 is 2.08 bits per heavy atom. The first kappa shape index (κ1) is 28.8. The molecule has 37 heavy (non-hydrogen) atoms. The van der Waals surface area contributed by atoms with Gasteiger partial charge in [0.15, 0.2) is 0 Å². The predicted molar refractivity (Wildman–Crippen MR) is 107 cm³/mol. The molecule has 2 atom stereocenters. The second kappa shape index (κ2) is 10.6. The van der Waals surface area contributed by atoms with E-state index >= 15 is 0 Å². The first-order valence-corrected chi connectivity index (χ1v) is 10.9. The van der Waals surface area contributed by atoms with Crippen molar-refractivity contribution in [3.63, 3.8) is 0 Å². The number of benzene rings is 1. The zero-order valence-corrected chi connectivity index (χ0v) is 18.9. The quantitative estimate of drug-likeness (QED) is 0.539. The first-order chi connectivity index (χ1) is 17.0. The SMILES string of the molecule is O=C(O)[C@@H]1CC(c2cc(C(F)(F)F)ccc2CN2CCN(C(=O)OC(C(F)(F)F)C(F)(F)F)CC2)CN1. The summed E-state index contributed by atoms with van der Waals surface area (Å²) in [5, 5.41) is 11.9. The van der Waals surface area contributed by atoms with Crippen LogP contribution in [0.1, 0.15) is 29.0 Å². The second-order valence-corrected chi connectivity index (χ2v) is 8.75. The van der Waals surface area contributed by atoms with E-state index in [0.29, 0.717) is 10.5 Å². The minimum atomic E-state index is -5.84. The number of nitrogens with one attached hydrogen (secondary N) is 1. The van der Waals surface area contributed by atoms with Gasteiger partial charge in [-0.3, -0.25) is 9.69 Å². The van der Waals surface area contributed by atoms with Gasteiger partial charge in [-0.1, -0.05) is 6.07 Å². The van der Waals surface area contributed by atoms with E-state index in [-0.39, 0.29) is 51.3 Å². The summed E-state index contributed by atoms with van der Waals surface area (Å²) >= 11 is 0. The van der Waals surface area contributed by atoms with Crippen molar-refractivity contribution in [1.29, 1.82) is 0 Å². The minimum Gasteiger partial charge on any atom is -0.480 e. The van der Waals surface area contributed by atoms with E-state index in [2.05, 4.69) is 10.1 Å². The molecular weight excluding hydrogens is 529 g/mol. The van der Waals surface area contributed by atoms with Gasteiger partial charge in [0.2, 0.25) is 0 Å². The highest BCUT2D eigenvalue weighted by molar-refractivity contribution is 5.74. The Bertz CT molecular complexity index is 975. The zero-order valence-electron chi connectivity index (χ0n) is 18.9. The molecule has 0 bridgehead atoms. The molecule has 2 saturated heterocycles. The van der Waals surface area contributed by atoms with Gasteiger partial charge < -0.3 is 20.1 Å². The summed E-state index contributed by atoms with van der Waals surface area (Å²) < 4.78 is 119. The van der Waals surface area contributed by atoms with E-state index in [9.17, 15) is 54.2 Å². The van der Waals surface area contributed by atoms with Gasteiger partial charge in [0, 0.05) is 39.3 Å². The second-order valence-electron chi connectivity index (χ2n) is 8.75. The number of aliphatic carboxylic acids is 1. The van der Waals surface area contributed by atoms with Gasteiger partial charge in [0.05, 0.1) is 5.56 Å². The van der Waals surface area contributed by atoms with Crippen LogP contribution >= 0.6 is 0 Å². The number of alkyl halides is 9. The van der Waals surface area contributed by atoms with E-state index in [0.717, 1.165) is 12.1 Å². The average molecular weight is 551 g/mol. The summed E-state index contributed by atoms with van der Waals surface area (Å²) in [6.45, 7) is -0.354. The van der Waals surface area contributed by atoms with E-state index in [1.54, 1.807) is 4.90 Å². The van der Waals surface area contributed by atoms with Crippen LogP contribution in [0.5, 0.6) is 0 Å². The van der Waals surface area contributed by atoms with E-state index in [4.69, 9.17) is 0 Å². The van der Waals surface area contributed by atoms with Crippen LogP contribution in [0.4, 0.5) is 44.3 Å². The van der Waals surface area contributed by atoms with Crippen molar-refractivity contribution in [2.45, 2.75) is 49.6 Å². The smallest absolute Gasteiger partial charge is 0.434 e. The van der Waals surface area contributed by atoms with Crippen LogP contribution in [-0.4, -0.2) is 84.2 Å². The lowest BCUT2D eigenvalue weighted by Gasteiger charge is -2.35. The lowest BCUT2D eigenvalue weighted by molar-refractivity contribution is -0.308. The molecule has 16 heteroatoms. The van der Waals surface area contributed by atoms with Crippen molar-refractivity contribution in [2.24, 2.45) is 0 Å². The maximum absolute atomic E-state index is 13.3. The molecule has 0 saturated carbocycles. The maximum Gasteiger partial charge on any atom is 0.434 e. The summed E-state index contributed by atoms with van der Waals surface area (Å²) in [6, 6.07) is 2.15. The maximum atomic E-state index is 13.3. The number of hydrogen-bond acceptors (Lipinski definition) is 5. The Balaban J connectivity index is 1.68. The van der Waals surface area contributed by atoms with Crippen LogP contribution in [0.2, 0.25) is 0 Å². The Morgan fingerprint density at radius 2 is 1.59 bits per heavy atom. The van der Waals surface area contributed by atoms with Crippen LogP contribution in [0.25, 0.3) is 0 Å². The Kier molecular flexibility index (Phi) is 8.22. The monoisotopic (exact) mass is 551 g/mol. The van der Waals surface area contributed by atoms with Crippen molar-refractivity contribution >= 4 is 12.1 Å². The van der Waals surface area contributed by atoms with Crippen molar-refractivity contribution < 1.29 is 58.9 Å². The highest BCUT2D eigenvalue weighted by Gasteiger charge is 2.60. The number of nitrogens with zero attached hydrogens (tertiary/aromatic N) is 2. The number of halogens is 9. The molecule has 0 spiro atoms. The molecule has 1 aromatic carbocycles. The number of hydrogen-bond donors (Lipinski definition) is 2. The number of rotatable bonds is 5. The molecule has 2 heterocycles. The molecule has 0 aliphatic carbocycles. The minimum absolute atomic E-state index is 0.00106. The average Bonchev–Trinajstić information content (AvgIpc) is 3.26. The van der Waals surface area contributed by atoms with Crippen molar-refractivity contribution in [3.8, 4) is 0 Å². The summed E-state index contributed by atoms with van der Waals surface area (Å²) in [7, 11) is 0. The van der Waals surface area contributed by atoms with Gasteiger partial charge in [-0.2, -0.15) is 39.5 Å². The Labute approximate surface area is 204 Å². The van der Waals surface area contributed by atoms with Crippen LogP contribution in [0.15, 0.2) is 18.2 Å². The highest BCUT2D eigenvalue weighted by Crippen LogP contribution is 2.37. The molecule has 2 N–H and O–H groups in total. The number of amides is 1. The van der Waals surface area contributed by atoms with Crippen molar-refractivity contribution in [2.75, 3.05) is 32.7 Å². The molecule has 1 aromatic rings. The summed E-state index contributed by atoms with van der Waals surface area (Å²) in [5.41, 5.74) is -0.177. The molecule has 1 unspecified atom stereocenters. The van der Waals surface area contributed by atoms with E-state index in [1.807, 2.05) is 0 Å². The largest absolute Gasteiger partial charge is 0.480 e. The Morgan fingerprint density at radius 1 is 1.00 bits per heavy atom. The first-order valence-electron chi connectivity index (χ1n) is 10.9. The number of carboxylic acids is 1. The van der Waals surface area contributed by atoms with Crippen LogP contribution in [0, 0.1) is 0 Å². The zero-order chi connectivity index (χ0) is 27.8. The number of carboxylic acid groups (broad SMARTS) is 1. The van der Waals surface area contributed by atoms with Gasteiger partial charge in [-0.15, -0.1) is 0 Å². The van der Waals surface area contributed by atoms with E-state index in [1.165, 1.54) is 6.07 Å². The number of piperazine rings is 1. The third-order valence-corrected chi connectivity index (χ3v) is 6.18. The van der Waals surface area contributed by atoms with Crippen LogP contribution in [-0.2, 0) is 22.3 Å². The topological polar surface area (TPSA) is 82.1 Å². The van der Waals surface area contributed by atoms with Crippen LogP contribution in [0.3, 0.4) is 0 Å². The summed E-state index contributed by atoms with van der Waals surface area (Å²) in [6.07, 6.45) is -22.3. The summed E-state index contributed by atoms with van der Waals surface area (Å²) in [5.74, 6) is -1.67. The van der Waals surface area contributed by atoms with Crippen molar-refractivity contribution in [1.82, 2.24) is 15.1 Å². The van der Waals surface area contributed by atoms with Gasteiger partial charge in [0.1, 0.15) is 6.04 Å². The molecule has 2 fully saturated rings. The predicted octanol–water partition coefficient (Wildman–Crippen LogP) is 3.98. The van der Waals surface area contributed by atoms with Gasteiger partial charge >= 0.3 is 30.6 Å². The van der Waals surface area contributed by atoms with Crippen molar-refractivity contribution in [3.05, 3.63) is 34.9 Å². The summed E-state index contributed by atoms with van der Waals surface area (Å²) in [4.78, 5) is 25.5. The molecule has 3 rings (SSSR count). The number of carbonyl (C=O) groups is 2. The fraction of sp³-hybridized carbons (Fsp3) is 0.619. The third-order valence-electron chi connectivity index (χ3n) is 6.18. The molecule has 2 aliphatic heterocycles. The Hall–Kier alpha value is -2.75. The lowest BCUT2D eigenvalue weighted by Crippen LogP contribution is -2.52. The van der Waals surface area contributed by atoms with E-state index < -0.39 is 54.2 Å². The highest BCUT2D eigenvalue weighted by atomic mass is 19.4. The van der Waals surface area contributed by atoms with Gasteiger partial charge in [-0.05, 0) is 35.6 Å². The van der Waals surface area contributed by atoms with Gasteiger partial charge in [0.25, 0.3) is 6.10 Å². The van der Waals surface area contributed by atoms with Gasteiger partial charge in [-0.25, -0.2) is 4.79 Å². The molecule has 1 amide bonds. The standard InChI is InChI=1S/C21H22F9N3O4/c22-19(23,24)13-2-1-11(14(8-13)12-7-15(16(34)35)31-9-12)10-32-3-5-33(6-4-32)18(36)37-17(20(25,26)27)21(28,29)30/h1-2,8,12,15,17,31H,3-7,9-10H2,(H,34,35)/t12?,15-/m0/s1. The molecule has 2 aliphatic rings. The van der Waals surface area contributed by atoms with Crippen LogP contribution < -0.4 is 5.32 Å². The number of carbonyl (C=O) groups excluding carboxylic acids is 1. The molecule has 7 nitrogen and oxygen atoms in total. The number of ether oxygens (including phenoxy) is 1. The normalized spacial score (nSPS) is 21.9. The molecule has 0 radical (unpaired) electrons. The molecular formula is C21H22F9N3O4.